The van der Waals surface area contributed by atoms with Crippen LogP contribution in [0.15, 0.2) is 0 Å². The molecule has 0 aliphatic carbocycles. The summed E-state index contributed by atoms with van der Waals surface area (Å²) in [5.41, 5.74) is 0. The van der Waals surface area contributed by atoms with Gasteiger partial charge in [-0.2, -0.15) is 9.59 Å². The average molecular weight is 173 g/mol. The highest BCUT2D eigenvalue weighted by atomic mass is 16.5. The van der Waals surface area contributed by atoms with E-state index in [0.29, 0.717) is 6.10 Å². The Hall–Kier alpha value is -0.700. The van der Waals surface area contributed by atoms with Gasteiger partial charge in [-0.3, -0.25) is 0 Å². The lowest BCUT2D eigenvalue weighted by Gasteiger charge is -2.29. The van der Waals surface area contributed by atoms with Gasteiger partial charge in [0.25, 0.3) is 0 Å². The van der Waals surface area contributed by atoms with E-state index < -0.39 is 0 Å². The molecule has 0 radical (unpaired) electrons. The van der Waals surface area contributed by atoms with Crippen molar-refractivity contribution in [2.45, 2.75) is 19.4 Å². The zero-order chi connectivity index (χ0) is 9.40. The molecule has 4 heteroatoms. The Kier molecular flexibility index (Phi) is 6.57. The molecular weight excluding hydrogens is 158 g/mol. The molecule has 0 spiro atoms. The molecule has 12 heavy (non-hydrogen) atoms. The number of morpholine rings is 1. The lowest BCUT2D eigenvalue weighted by atomic mass is 10.2. The third-order valence-electron chi connectivity index (χ3n) is 1.80. The lowest BCUT2D eigenvalue weighted by Crippen LogP contribution is -2.39. The van der Waals surface area contributed by atoms with E-state index in [1.165, 1.54) is 0 Å². The molecule has 1 aliphatic rings. The summed E-state index contributed by atoms with van der Waals surface area (Å²) in [6.45, 7) is 5.28. The molecule has 0 bridgehead atoms. The lowest BCUT2D eigenvalue weighted by molar-refractivity contribution is -0.191. The first-order valence-corrected chi connectivity index (χ1v) is 4.04. The highest BCUT2D eigenvalue weighted by Gasteiger charge is 2.14. The van der Waals surface area contributed by atoms with Crippen LogP contribution in [0.3, 0.4) is 0 Å². The van der Waals surface area contributed by atoms with Crippen LogP contribution in [-0.4, -0.2) is 43.9 Å². The van der Waals surface area contributed by atoms with Crippen LogP contribution in [0.5, 0.6) is 0 Å². The van der Waals surface area contributed by atoms with Crippen LogP contribution < -0.4 is 0 Å². The van der Waals surface area contributed by atoms with Gasteiger partial charge < -0.3 is 9.64 Å². The largest absolute Gasteiger partial charge is 0.376 e. The van der Waals surface area contributed by atoms with Crippen molar-refractivity contribution in [3.05, 3.63) is 0 Å². The Balaban J connectivity index is 0.000000354. The van der Waals surface area contributed by atoms with Crippen molar-refractivity contribution in [3.63, 3.8) is 0 Å². The Labute approximate surface area is 72.5 Å². The van der Waals surface area contributed by atoms with E-state index in [1.54, 1.807) is 0 Å². The molecular formula is C8H15NO3. The predicted octanol–water partition coefficient (Wildman–Crippen LogP) is 0.143. The summed E-state index contributed by atoms with van der Waals surface area (Å²) >= 11 is 0. The molecule has 0 aromatic rings. The van der Waals surface area contributed by atoms with Crippen LogP contribution in [-0.2, 0) is 14.3 Å². The minimum atomic E-state index is 0.250. The Morgan fingerprint density at radius 1 is 1.58 bits per heavy atom. The standard InChI is InChI=1S/C7H15NO.CO2/c1-3-7-6-8(2)4-5-9-7;2-1-3/h7H,3-6H2,1-2H3;. The molecule has 0 aromatic heterocycles. The van der Waals surface area contributed by atoms with Crippen LogP contribution in [0.4, 0.5) is 0 Å². The number of carbonyl (C=O) groups excluding carboxylic acids is 2. The molecule has 0 amide bonds. The predicted molar refractivity (Wildman–Crippen MR) is 42.5 cm³/mol. The highest BCUT2D eigenvalue weighted by Crippen LogP contribution is 2.04. The second kappa shape index (κ2) is 6.98. The van der Waals surface area contributed by atoms with Crippen molar-refractivity contribution < 1.29 is 14.3 Å². The van der Waals surface area contributed by atoms with Crippen LogP contribution >= 0.6 is 0 Å². The molecule has 0 aromatic carbocycles. The van der Waals surface area contributed by atoms with E-state index in [4.69, 9.17) is 14.3 Å². The fourth-order valence-electron chi connectivity index (χ4n) is 1.11. The van der Waals surface area contributed by atoms with Gasteiger partial charge in [0.1, 0.15) is 0 Å². The normalized spacial score (nSPS) is 23.7. The summed E-state index contributed by atoms with van der Waals surface area (Å²) in [4.78, 5) is 18.6. The van der Waals surface area contributed by atoms with Crippen LogP contribution in [0.2, 0.25) is 0 Å². The van der Waals surface area contributed by atoms with Crippen LogP contribution in [0.25, 0.3) is 0 Å². The minimum absolute atomic E-state index is 0.250. The fourth-order valence-corrected chi connectivity index (χ4v) is 1.11. The number of ether oxygens (including phenoxy) is 1. The van der Waals surface area contributed by atoms with Gasteiger partial charge in [-0.05, 0) is 13.5 Å². The Morgan fingerprint density at radius 3 is 2.50 bits per heavy atom. The van der Waals surface area contributed by atoms with Gasteiger partial charge >= 0.3 is 6.15 Å². The van der Waals surface area contributed by atoms with Crippen molar-refractivity contribution in [3.8, 4) is 0 Å². The molecule has 70 valence electrons. The van der Waals surface area contributed by atoms with E-state index in [1.807, 2.05) is 0 Å². The molecule has 4 nitrogen and oxygen atoms in total. The van der Waals surface area contributed by atoms with Crippen molar-refractivity contribution in [1.29, 1.82) is 0 Å². The maximum absolute atomic E-state index is 8.12. The third-order valence-corrected chi connectivity index (χ3v) is 1.80. The second-order valence-electron chi connectivity index (χ2n) is 2.75. The number of rotatable bonds is 1. The Bertz CT molecular complexity index is 143. The molecule has 1 atom stereocenters. The molecule has 1 unspecified atom stereocenters. The van der Waals surface area contributed by atoms with E-state index in [-0.39, 0.29) is 6.15 Å². The smallest absolute Gasteiger partial charge is 0.373 e. The van der Waals surface area contributed by atoms with Crippen molar-refractivity contribution in [1.82, 2.24) is 4.90 Å². The van der Waals surface area contributed by atoms with Crippen LogP contribution in [0, 0.1) is 0 Å². The van der Waals surface area contributed by atoms with Gasteiger partial charge in [0, 0.05) is 13.1 Å². The van der Waals surface area contributed by atoms with Crippen molar-refractivity contribution >= 4 is 6.15 Å². The quantitative estimate of drug-likeness (QED) is 0.566. The topological polar surface area (TPSA) is 46.6 Å². The highest BCUT2D eigenvalue weighted by molar-refractivity contribution is 5.20. The molecule has 1 saturated heterocycles. The Morgan fingerprint density at radius 2 is 2.17 bits per heavy atom. The summed E-state index contributed by atoms with van der Waals surface area (Å²) in [5, 5.41) is 0. The van der Waals surface area contributed by atoms with Gasteiger partial charge in [-0.25, -0.2) is 0 Å². The average Bonchev–Trinajstić information content (AvgIpc) is 2.06. The third kappa shape index (κ3) is 5.02. The first-order valence-electron chi connectivity index (χ1n) is 4.04. The number of hydrogen-bond donors (Lipinski definition) is 0. The number of nitrogens with zero attached hydrogens (tertiary/aromatic N) is 1. The zero-order valence-electron chi connectivity index (χ0n) is 7.58. The minimum Gasteiger partial charge on any atom is -0.376 e. The summed E-state index contributed by atoms with van der Waals surface area (Å²) in [7, 11) is 2.14. The van der Waals surface area contributed by atoms with E-state index in [9.17, 15) is 0 Å². The second-order valence-corrected chi connectivity index (χ2v) is 2.75. The molecule has 0 saturated carbocycles. The molecule has 1 fully saturated rings. The monoisotopic (exact) mass is 173 g/mol. The first-order chi connectivity index (χ1) is 5.74. The maximum Gasteiger partial charge on any atom is 0.373 e. The van der Waals surface area contributed by atoms with Crippen molar-refractivity contribution in [2.24, 2.45) is 0 Å². The summed E-state index contributed by atoms with van der Waals surface area (Å²) in [5.74, 6) is 0. The molecule has 0 N–H and O–H groups in total. The SMILES string of the molecule is CCC1CN(C)CCO1.O=C=O. The van der Waals surface area contributed by atoms with Gasteiger partial charge in [-0.15, -0.1) is 0 Å². The van der Waals surface area contributed by atoms with E-state index >= 15 is 0 Å². The van der Waals surface area contributed by atoms with Crippen LogP contribution in [0.1, 0.15) is 13.3 Å². The van der Waals surface area contributed by atoms with Gasteiger partial charge in [0.15, 0.2) is 0 Å². The van der Waals surface area contributed by atoms with E-state index in [2.05, 4.69) is 18.9 Å². The van der Waals surface area contributed by atoms with Gasteiger partial charge in [0.2, 0.25) is 0 Å². The first kappa shape index (κ1) is 11.3. The zero-order valence-corrected chi connectivity index (χ0v) is 7.58. The van der Waals surface area contributed by atoms with Gasteiger partial charge in [0.05, 0.1) is 12.7 Å². The molecule has 1 aliphatic heterocycles. The maximum atomic E-state index is 8.12. The van der Waals surface area contributed by atoms with Gasteiger partial charge in [-0.1, -0.05) is 6.92 Å². The molecule has 1 heterocycles. The number of hydrogen-bond acceptors (Lipinski definition) is 4. The number of likely N-dealkylation sites (N-methyl/N-ethyl adjacent to an activating group) is 1. The molecule has 1 rings (SSSR count). The van der Waals surface area contributed by atoms with Crippen molar-refractivity contribution in [2.75, 3.05) is 26.7 Å². The summed E-state index contributed by atoms with van der Waals surface area (Å²) in [6.07, 6.45) is 1.88. The summed E-state index contributed by atoms with van der Waals surface area (Å²) in [6, 6.07) is 0. The van der Waals surface area contributed by atoms with E-state index in [0.717, 1.165) is 26.1 Å². The summed E-state index contributed by atoms with van der Waals surface area (Å²) < 4.78 is 5.46. The fraction of sp³-hybridized carbons (Fsp3) is 0.875.